The molecule has 2 aliphatic heterocycles. The summed E-state index contributed by atoms with van der Waals surface area (Å²) < 4.78 is 36.4. The van der Waals surface area contributed by atoms with Crippen LogP contribution in [-0.2, 0) is 19.3 Å². The van der Waals surface area contributed by atoms with Crippen molar-refractivity contribution in [2.24, 2.45) is 0 Å². The summed E-state index contributed by atoms with van der Waals surface area (Å²) >= 11 is 0. The molecule has 2 saturated heterocycles. The summed E-state index contributed by atoms with van der Waals surface area (Å²) in [6.07, 6.45) is 4.72. The number of aromatic nitrogens is 4. The zero-order chi connectivity index (χ0) is 29.4. The topological polar surface area (TPSA) is 140 Å². The van der Waals surface area contributed by atoms with Crippen LogP contribution in [0.1, 0.15) is 38.2 Å². The largest absolute Gasteiger partial charge is 0.461 e. The lowest BCUT2D eigenvalue weighted by Crippen LogP contribution is -2.50. The number of nitrogens with zero attached hydrogens (tertiary/aromatic N) is 7. The van der Waals surface area contributed by atoms with Gasteiger partial charge in [-0.25, -0.2) is 33.0 Å². The van der Waals surface area contributed by atoms with E-state index in [0.29, 0.717) is 56.4 Å². The molecule has 5 rings (SSSR count). The first-order valence-corrected chi connectivity index (χ1v) is 15.5. The van der Waals surface area contributed by atoms with Crippen LogP contribution in [0.25, 0.3) is 16.9 Å². The summed E-state index contributed by atoms with van der Waals surface area (Å²) in [7, 11) is -3.08. The van der Waals surface area contributed by atoms with Crippen LogP contribution in [0.5, 0.6) is 0 Å². The highest BCUT2D eigenvalue weighted by Crippen LogP contribution is 2.28. The van der Waals surface area contributed by atoms with Crippen molar-refractivity contribution in [1.82, 2.24) is 24.3 Å². The summed E-state index contributed by atoms with van der Waals surface area (Å²) in [4.78, 5) is 44.5. The molecule has 0 saturated carbocycles. The number of piperazine rings is 1. The number of fused-ring (bicyclic) bond motifs is 1. The standard InChI is InChI=1S/C27H35N7O6S/c1-5-39-25(35)20-18-34-21(17-29-23(24(34)30-20)32-12-14-41(37,38)15-13-32)19-6-7-22(28-16-19)31-8-10-33(11-9-31)26(36)40-27(2,3)4/h6-7,16-18H,5,8-15H2,1-4H3. The van der Waals surface area contributed by atoms with E-state index in [1.165, 1.54) is 0 Å². The fraction of sp³-hybridized carbons (Fsp3) is 0.519. The van der Waals surface area contributed by atoms with Crippen LogP contribution >= 0.6 is 0 Å². The molecule has 3 aromatic heterocycles. The van der Waals surface area contributed by atoms with Gasteiger partial charge in [-0.3, -0.25) is 4.40 Å². The Bertz CT molecular complexity index is 1530. The molecule has 0 spiro atoms. The third-order valence-electron chi connectivity index (χ3n) is 6.90. The first-order valence-electron chi connectivity index (χ1n) is 13.6. The lowest BCUT2D eigenvalue weighted by atomic mass is 10.2. The fourth-order valence-electron chi connectivity index (χ4n) is 4.80. The summed E-state index contributed by atoms with van der Waals surface area (Å²) in [6, 6.07) is 3.84. The van der Waals surface area contributed by atoms with Crippen LogP contribution in [0.15, 0.2) is 30.7 Å². The molecule has 220 valence electrons. The Hall–Kier alpha value is -3.94. The molecule has 5 heterocycles. The van der Waals surface area contributed by atoms with Gasteiger partial charge in [0.05, 0.1) is 30.0 Å². The Morgan fingerprint density at radius 2 is 1.66 bits per heavy atom. The van der Waals surface area contributed by atoms with Gasteiger partial charge in [0.2, 0.25) is 0 Å². The molecule has 14 heteroatoms. The van der Waals surface area contributed by atoms with Crippen LogP contribution < -0.4 is 9.80 Å². The number of pyridine rings is 1. The maximum Gasteiger partial charge on any atom is 0.410 e. The molecular formula is C27H35N7O6S. The monoisotopic (exact) mass is 585 g/mol. The number of imidazole rings is 1. The normalized spacial score (nSPS) is 17.5. The average molecular weight is 586 g/mol. The van der Waals surface area contributed by atoms with E-state index in [4.69, 9.17) is 9.47 Å². The predicted octanol–water partition coefficient (Wildman–Crippen LogP) is 2.26. The van der Waals surface area contributed by atoms with Gasteiger partial charge in [0, 0.05) is 57.2 Å². The maximum absolute atomic E-state index is 12.5. The first-order chi connectivity index (χ1) is 19.4. The molecule has 0 radical (unpaired) electrons. The number of rotatable bonds is 5. The molecule has 0 aliphatic carbocycles. The van der Waals surface area contributed by atoms with Gasteiger partial charge in [0.25, 0.3) is 0 Å². The van der Waals surface area contributed by atoms with Gasteiger partial charge in [-0.2, -0.15) is 0 Å². The van der Waals surface area contributed by atoms with E-state index >= 15 is 0 Å². The third-order valence-corrected chi connectivity index (χ3v) is 8.51. The van der Waals surface area contributed by atoms with Gasteiger partial charge in [-0.05, 0) is 39.8 Å². The third kappa shape index (κ3) is 6.37. The number of anilines is 2. The fourth-order valence-corrected chi connectivity index (χ4v) is 6.00. The van der Waals surface area contributed by atoms with E-state index in [-0.39, 0.29) is 29.9 Å². The number of sulfone groups is 1. The molecule has 2 aliphatic rings. The molecule has 13 nitrogen and oxygen atoms in total. The number of ether oxygens (including phenoxy) is 2. The van der Waals surface area contributed by atoms with Crippen molar-refractivity contribution in [3.8, 4) is 11.3 Å². The highest BCUT2D eigenvalue weighted by Gasteiger charge is 2.28. The maximum atomic E-state index is 12.5. The second kappa shape index (κ2) is 11.1. The van der Waals surface area contributed by atoms with Crippen molar-refractivity contribution in [1.29, 1.82) is 0 Å². The van der Waals surface area contributed by atoms with Crippen molar-refractivity contribution in [3.63, 3.8) is 0 Å². The molecule has 0 N–H and O–H groups in total. The van der Waals surface area contributed by atoms with Crippen LogP contribution in [0.4, 0.5) is 16.4 Å². The van der Waals surface area contributed by atoms with Gasteiger partial charge in [-0.15, -0.1) is 0 Å². The molecule has 3 aromatic rings. The number of carbonyl (C=O) groups excluding carboxylic acids is 2. The Balaban J connectivity index is 1.38. The molecule has 41 heavy (non-hydrogen) atoms. The van der Waals surface area contributed by atoms with Crippen molar-refractivity contribution >= 4 is 39.2 Å². The molecule has 0 aromatic carbocycles. The second-order valence-electron chi connectivity index (χ2n) is 11.0. The minimum absolute atomic E-state index is 0.0332. The van der Waals surface area contributed by atoms with E-state index in [1.807, 2.05) is 37.8 Å². The number of amides is 1. The highest BCUT2D eigenvalue weighted by molar-refractivity contribution is 7.91. The van der Waals surface area contributed by atoms with Crippen LogP contribution in [0, 0.1) is 0 Å². The molecule has 1 amide bonds. The summed E-state index contributed by atoms with van der Waals surface area (Å²) in [6.45, 7) is 10.4. The Morgan fingerprint density at radius 1 is 0.951 bits per heavy atom. The first kappa shape index (κ1) is 28.6. The lowest BCUT2D eigenvalue weighted by molar-refractivity contribution is 0.0240. The smallest absolute Gasteiger partial charge is 0.410 e. The number of esters is 1. The van der Waals surface area contributed by atoms with Gasteiger partial charge in [-0.1, -0.05) is 0 Å². The Morgan fingerprint density at radius 3 is 2.27 bits per heavy atom. The van der Waals surface area contributed by atoms with E-state index in [9.17, 15) is 18.0 Å². The minimum Gasteiger partial charge on any atom is -0.461 e. The predicted molar refractivity (Wildman–Crippen MR) is 153 cm³/mol. The second-order valence-corrected chi connectivity index (χ2v) is 13.3. The minimum atomic E-state index is -3.08. The van der Waals surface area contributed by atoms with Gasteiger partial charge in [0.1, 0.15) is 11.4 Å². The van der Waals surface area contributed by atoms with Crippen molar-refractivity contribution in [3.05, 3.63) is 36.4 Å². The number of hydrogen-bond acceptors (Lipinski definition) is 11. The van der Waals surface area contributed by atoms with Gasteiger partial charge >= 0.3 is 12.1 Å². The quantitative estimate of drug-likeness (QED) is 0.407. The number of hydrogen-bond donors (Lipinski definition) is 0. The van der Waals surface area contributed by atoms with Crippen molar-refractivity contribution in [2.75, 3.05) is 67.2 Å². The van der Waals surface area contributed by atoms with E-state index < -0.39 is 21.4 Å². The van der Waals surface area contributed by atoms with Gasteiger partial charge < -0.3 is 24.2 Å². The summed E-state index contributed by atoms with van der Waals surface area (Å²) in [5, 5.41) is 0. The van der Waals surface area contributed by atoms with Crippen molar-refractivity contribution < 1.29 is 27.5 Å². The summed E-state index contributed by atoms with van der Waals surface area (Å²) in [5.41, 5.74) is 1.47. The zero-order valence-corrected chi connectivity index (χ0v) is 24.6. The average Bonchev–Trinajstić information content (AvgIpc) is 3.38. The van der Waals surface area contributed by atoms with Gasteiger partial charge in [0.15, 0.2) is 27.0 Å². The molecule has 0 bridgehead atoms. The highest BCUT2D eigenvalue weighted by atomic mass is 32.2. The molecule has 0 unspecified atom stereocenters. The Kier molecular flexibility index (Phi) is 7.77. The van der Waals surface area contributed by atoms with Crippen LogP contribution in [0.3, 0.4) is 0 Å². The SMILES string of the molecule is CCOC(=O)c1cn2c(-c3ccc(N4CCN(C(=O)OC(C)(C)C)CC4)nc3)cnc(N3CCS(=O)(=O)CC3)c2n1. The Labute approximate surface area is 239 Å². The lowest BCUT2D eigenvalue weighted by Gasteiger charge is -2.36. The van der Waals surface area contributed by atoms with E-state index in [2.05, 4.69) is 19.9 Å². The van der Waals surface area contributed by atoms with E-state index in [0.717, 1.165) is 11.4 Å². The van der Waals surface area contributed by atoms with Crippen LogP contribution in [-0.4, -0.2) is 108 Å². The zero-order valence-electron chi connectivity index (χ0n) is 23.7. The van der Waals surface area contributed by atoms with Crippen LogP contribution in [0.2, 0.25) is 0 Å². The summed E-state index contributed by atoms with van der Waals surface area (Å²) in [5.74, 6) is 0.808. The van der Waals surface area contributed by atoms with E-state index in [1.54, 1.807) is 34.8 Å². The molecule has 2 fully saturated rings. The molecular weight excluding hydrogens is 550 g/mol. The van der Waals surface area contributed by atoms with Crippen molar-refractivity contribution in [2.45, 2.75) is 33.3 Å². The molecule has 0 atom stereocenters. The number of carbonyl (C=O) groups is 2.